The van der Waals surface area contributed by atoms with Gasteiger partial charge in [0.2, 0.25) is 5.91 Å². The third-order valence-corrected chi connectivity index (χ3v) is 5.54. The molecular formula is C23H25N5O3. The highest BCUT2D eigenvalue weighted by molar-refractivity contribution is 5.93. The molecule has 0 aliphatic heterocycles. The molecule has 1 N–H and O–H groups in total. The first-order valence-electron chi connectivity index (χ1n) is 10.2. The lowest BCUT2D eigenvalue weighted by atomic mass is 9.78. The van der Waals surface area contributed by atoms with Crippen molar-refractivity contribution in [2.75, 3.05) is 12.4 Å². The van der Waals surface area contributed by atoms with Crippen molar-refractivity contribution in [3.8, 4) is 5.75 Å². The van der Waals surface area contributed by atoms with Crippen LogP contribution in [0.25, 0.3) is 16.5 Å². The number of anilines is 1. The summed E-state index contributed by atoms with van der Waals surface area (Å²) in [7, 11) is 1.52. The molecule has 160 valence electrons. The second-order valence-electron chi connectivity index (χ2n) is 8.50. The Balaban J connectivity index is 1.56. The molecule has 2 heterocycles. The molecule has 8 heteroatoms. The van der Waals surface area contributed by atoms with Gasteiger partial charge >= 0.3 is 0 Å². The average molecular weight is 419 g/mol. The zero-order valence-corrected chi connectivity index (χ0v) is 17.9. The summed E-state index contributed by atoms with van der Waals surface area (Å²) >= 11 is 0. The van der Waals surface area contributed by atoms with Gasteiger partial charge in [-0.2, -0.15) is 5.10 Å². The number of benzene rings is 1. The summed E-state index contributed by atoms with van der Waals surface area (Å²) in [5.41, 5.74) is 2.83. The van der Waals surface area contributed by atoms with Crippen molar-refractivity contribution >= 4 is 28.1 Å². The second kappa shape index (κ2) is 8.29. The van der Waals surface area contributed by atoms with Crippen molar-refractivity contribution in [2.24, 2.45) is 5.41 Å². The Labute approximate surface area is 180 Å². The zero-order chi connectivity index (χ0) is 22.0. The van der Waals surface area contributed by atoms with Crippen LogP contribution in [0.1, 0.15) is 38.8 Å². The van der Waals surface area contributed by atoms with Crippen molar-refractivity contribution in [3.05, 3.63) is 58.9 Å². The van der Waals surface area contributed by atoms with E-state index in [1.54, 1.807) is 18.3 Å². The molecule has 0 spiro atoms. The molecule has 0 radical (unpaired) electrons. The van der Waals surface area contributed by atoms with E-state index < -0.39 is 5.56 Å². The molecule has 0 bridgehead atoms. The number of hydrogen-bond donors (Lipinski definition) is 1. The predicted molar refractivity (Wildman–Crippen MR) is 119 cm³/mol. The predicted octanol–water partition coefficient (Wildman–Crippen LogP) is 3.43. The molecule has 1 aliphatic carbocycles. The molecule has 0 fully saturated rings. The Bertz CT molecular complexity index is 1230. The molecule has 0 saturated heterocycles. The Morgan fingerprint density at radius 1 is 1.29 bits per heavy atom. The highest BCUT2D eigenvalue weighted by Gasteiger charge is 2.25. The standard InChI is InChI=1S/C23H25N5O3/c1-23(2)8-6-15(7-9-23)22-19(31-3)11-21(30)28(27-22)13-20(29)26-17-5-4-16-12-24-14-25-18(16)10-17/h4-6,10-12,14H,7-9,13H2,1-3H3,(H,26,29). The first-order chi connectivity index (χ1) is 14.8. The largest absolute Gasteiger partial charge is 0.494 e. The van der Waals surface area contributed by atoms with E-state index in [-0.39, 0.29) is 17.9 Å². The minimum absolute atomic E-state index is 0.198. The number of rotatable bonds is 5. The number of hydrogen-bond acceptors (Lipinski definition) is 6. The zero-order valence-electron chi connectivity index (χ0n) is 17.9. The third kappa shape index (κ3) is 4.63. The van der Waals surface area contributed by atoms with E-state index in [2.05, 4.69) is 40.3 Å². The first kappa shape index (κ1) is 20.7. The number of aromatic nitrogens is 4. The fourth-order valence-electron chi connectivity index (χ4n) is 3.65. The van der Waals surface area contributed by atoms with Crippen LogP contribution in [0, 0.1) is 5.41 Å². The van der Waals surface area contributed by atoms with Crippen LogP contribution in [0.15, 0.2) is 47.7 Å². The van der Waals surface area contributed by atoms with Gasteiger partial charge in [0.05, 0.1) is 12.6 Å². The molecule has 31 heavy (non-hydrogen) atoms. The summed E-state index contributed by atoms with van der Waals surface area (Å²) in [5.74, 6) is 0.0831. The Morgan fingerprint density at radius 3 is 2.87 bits per heavy atom. The van der Waals surface area contributed by atoms with Crippen LogP contribution in [-0.4, -0.2) is 32.8 Å². The van der Waals surface area contributed by atoms with E-state index in [1.165, 1.54) is 24.2 Å². The third-order valence-electron chi connectivity index (χ3n) is 5.54. The van der Waals surface area contributed by atoms with Crippen molar-refractivity contribution in [1.82, 2.24) is 19.7 Å². The van der Waals surface area contributed by atoms with Gasteiger partial charge in [-0.05, 0) is 48.4 Å². The maximum absolute atomic E-state index is 12.6. The summed E-state index contributed by atoms with van der Waals surface area (Å²) in [4.78, 5) is 33.3. The van der Waals surface area contributed by atoms with E-state index in [1.807, 2.05) is 6.07 Å². The van der Waals surface area contributed by atoms with E-state index in [9.17, 15) is 9.59 Å². The van der Waals surface area contributed by atoms with Crippen molar-refractivity contribution in [1.29, 1.82) is 0 Å². The normalized spacial score (nSPS) is 15.4. The number of ether oxygens (including phenoxy) is 1. The van der Waals surface area contributed by atoms with E-state index in [0.717, 1.165) is 35.7 Å². The van der Waals surface area contributed by atoms with Gasteiger partial charge in [-0.3, -0.25) is 9.59 Å². The van der Waals surface area contributed by atoms with Gasteiger partial charge in [-0.25, -0.2) is 14.6 Å². The fourth-order valence-corrected chi connectivity index (χ4v) is 3.65. The van der Waals surface area contributed by atoms with Crippen LogP contribution in [0.3, 0.4) is 0 Å². The molecule has 4 rings (SSSR count). The Hall–Kier alpha value is -3.55. The van der Waals surface area contributed by atoms with Gasteiger partial charge in [0.1, 0.15) is 18.6 Å². The smallest absolute Gasteiger partial charge is 0.270 e. The average Bonchev–Trinajstić information content (AvgIpc) is 2.75. The number of nitrogens with one attached hydrogen (secondary N) is 1. The maximum Gasteiger partial charge on any atom is 0.270 e. The fraction of sp³-hybridized carbons (Fsp3) is 0.348. The second-order valence-corrected chi connectivity index (χ2v) is 8.50. The van der Waals surface area contributed by atoms with E-state index in [4.69, 9.17) is 4.74 Å². The van der Waals surface area contributed by atoms with E-state index in [0.29, 0.717) is 17.1 Å². The molecule has 3 aromatic rings. The van der Waals surface area contributed by atoms with Gasteiger partial charge in [0.15, 0.2) is 5.75 Å². The van der Waals surface area contributed by atoms with Crippen molar-refractivity contribution in [2.45, 2.75) is 39.7 Å². The number of nitrogens with zero attached hydrogens (tertiary/aromatic N) is 4. The number of allylic oxidation sites excluding steroid dienone is 2. The molecular weight excluding hydrogens is 394 g/mol. The monoisotopic (exact) mass is 419 g/mol. The van der Waals surface area contributed by atoms with Crippen LogP contribution in [0.5, 0.6) is 5.75 Å². The summed E-state index contributed by atoms with van der Waals surface area (Å²) in [5, 5.41) is 8.16. The van der Waals surface area contributed by atoms with Crippen LogP contribution >= 0.6 is 0 Å². The lowest BCUT2D eigenvalue weighted by Crippen LogP contribution is -2.30. The summed E-state index contributed by atoms with van der Waals surface area (Å²) in [6.45, 7) is 4.26. The molecule has 0 atom stereocenters. The van der Waals surface area contributed by atoms with Gasteiger partial charge < -0.3 is 10.1 Å². The highest BCUT2D eigenvalue weighted by Crippen LogP contribution is 2.39. The molecule has 8 nitrogen and oxygen atoms in total. The van der Waals surface area contributed by atoms with E-state index >= 15 is 0 Å². The number of amides is 1. The minimum Gasteiger partial charge on any atom is -0.494 e. The molecule has 1 amide bonds. The topological polar surface area (TPSA) is 99.0 Å². The SMILES string of the molecule is COc1cc(=O)n(CC(=O)Nc2ccc3cncnc3c2)nc1C1=CCC(C)(C)CC1. The maximum atomic E-state index is 12.6. The lowest BCUT2D eigenvalue weighted by molar-refractivity contribution is -0.117. The number of methoxy groups -OCH3 is 1. The highest BCUT2D eigenvalue weighted by atomic mass is 16.5. The lowest BCUT2D eigenvalue weighted by Gasteiger charge is -2.28. The van der Waals surface area contributed by atoms with Gasteiger partial charge in [-0.1, -0.05) is 19.9 Å². The van der Waals surface area contributed by atoms with Gasteiger partial charge in [0, 0.05) is 23.3 Å². The molecule has 0 unspecified atom stereocenters. The Morgan fingerprint density at radius 2 is 2.13 bits per heavy atom. The number of carbonyl (C=O) groups is 1. The van der Waals surface area contributed by atoms with Crippen LogP contribution < -0.4 is 15.6 Å². The first-order valence-corrected chi connectivity index (χ1v) is 10.2. The molecule has 2 aromatic heterocycles. The summed E-state index contributed by atoms with van der Waals surface area (Å²) in [6, 6.07) is 6.76. The summed E-state index contributed by atoms with van der Waals surface area (Å²) in [6.07, 6.45) is 8.11. The van der Waals surface area contributed by atoms with Crippen LogP contribution in [0.4, 0.5) is 5.69 Å². The Kier molecular flexibility index (Phi) is 5.54. The van der Waals surface area contributed by atoms with Crippen LogP contribution in [-0.2, 0) is 11.3 Å². The summed E-state index contributed by atoms with van der Waals surface area (Å²) < 4.78 is 6.58. The number of carbonyl (C=O) groups excluding carboxylic acids is 1. The molecule has 1 aliphatic rings. The van der Waals surface area contributed by atoms with Crippen molar-refractivity contribution < 1.29 is 9.53 Å². The van der Waals surface area contributed by atoms with Gasteiger partial charge in [0.25, 0.3) is 5.56 Å². The van der Waals surface area contributed by atoms with Crippen molar-refractivity contribution in [3.63, 3.8) is 0 Å². The van der Waals surface area contributed by atoms with Gasteiger partial charge in [-0.15, -0.1) is 0 Å². The van der Waals surface area contributed by atoms with Crippen LogP contribution in [0.2, 0.25) is 0 Å². The minimum atomic E-state index is -0.390. The number of fused-ring (bicyclic) bond motifs is 1. The quantitative estimate of drug-likeness (QED) is 0.680. The molecule has 1 aromatic carbocycles. The molecule has 0 saturated carbocycles.